The normalized spacial score (nSPS) is 11.6. The lowest BCUT2D eigenvalue weighted by molar-refractivity contribution is -0.116. The molecule has 0 radical (unpaired) electrons. The van der Waals surface area contributed by atoms with Crippen molar-refractivity contribution in [2.24, 2.45) is 5.73 Å². The summed E-state index contributed by atoms with van der Waals surface area (Å²) in [5.74, 6) is -2.01. The number of aryl methyl sites for hydroxylation is 2. The molecule has 7 nitrogen and oxygen atoms in total. The third kappa shape index (κ3) is 5.35. The number of rotatable bonds is 7. The Hall–Kier alpha value is -3.08. The number of carbonyl (C=O) groups excluding carboxylic acids is 2. The molecule has 0 aliphatic heterocycles. The van der Waals surface area contributed by atoms with Gasteiger partial charge in [-0.25, -0.2) is 9.50 Å². The Morgan fingerprint density at radius 3 is 2.61 bits per heavy atom. The second kappa shape index (κ2) is 8.96. The minimum Gasteiger partial charge on any atom is -0.365 e. The van der Waals surface area contributed by atoms with Gasteiger partial charge in [-0.3, -0.25) is 9.59 Å². The van der Waals surface area contributed by atoms with E-state index in [4.69, 9.17) is 5.73 Å². The summed E-state index contributed by atoms with van der Waals surface area (Å²) in [6.45, 7) is 3.57. The Morgan fingerprint density at radius 2 is 1.94 bits per heavy atom. The molecule has 3 N–H and O–H groups in total. The van der Waals surface area contributed by atoms with Gasteiger partial charge in [-0.15, -0.1) is 11.8 Å². The summed E-state index contributed by atoms with van der Waals surface area (Å²) in [5, 5.41) is 6.83. The van der Waals surface area contributed by atoms with E-state index in [1.165, 1.54) is 16.8 Å². The highest BCUT2D eigenvalue weighted by Gasteiger charge is 2.27. The van der Waals surface area contributed by atoms with Crippen LogP contribution in [0.1, 0.15) is 33.7 Å². The van der Waals surface area contributed by atoms with Crippen molar-refractivity contribution in [2.45, 2.75) is 37.8 Å². The Balaban J connectivity index is 1.72. The van der Waals surface area contributed by atoms with Crippen LogP contribution in [0.4, 0.5) is 18.9 Å². The fraction of sp³-hybridized carbons (Fsp3) is 0.300. The Morgan fingerprint density at radius 1 is 1.23 bits per heavy atom. The van der Waals surface area contributed by atoms with Gasteiger partial charge in [-0.2, -0.15) is 18.3 Å². The number of thioether (sulfide) groups is 1. The minimum absolute atomic E-state index is 0.0943. The van der Waals surface area contributed by atoms with Crippen LogP contribution in [0.25, 0.3) is 5.65 Å². The number of amides is 2. The second-order valence-electron chi connectivity index (χ2n) is 6.87. The van der Waals surface area contributed by atoms with Crippen LogP contribution < -0.4 is 11.1 Å². The predicted molar refractivity (Wildman–Crippen MR) is 111 cm³/mol. The van der Waals surface area contributed by atoms with Crippen molar-refractivity contribution in [2.75, 3.05) is 11.1 Å². The quantitative estimate of drug-likeness (QED) is 0.534. The number of aromatic nitrogens is 3. The number of nitrogens with one attached hydrogen (secondary N) is 1. The Labute approximate surface area is 180 Å². The molecule has 3 aromatic rings. The van der Waals surface area contributed by atoms with E-state index >= 15 is 0 Å². The molecule has 0 spiro atoms. The van der Waals surface area contributed by atoms with Gasteiger partial charge >= 0.3 is 6.18 Å². The average Bonchev–Trinajstić information content (AvgIpc) is 3.10. The number of alkyl halides is 3. The fourth-order valence-corrected chi connectivity index (χ4v) is 3.92. The third-order valence-corrected chi connectivity index (χ3v) is 5.77. The minimum atomic E-state index is -4.30. The monoisotopic (exact) mass is 451 g/mol. The van der Waals surface area contributed by atoms with E-state index in [0.717, 1.165) is 11.3 Å². The maximum atomic E-state index is 12.5. The van der Waals surface area contributed by atoms with E-state index in [0.29, 0.717) is 40.1 Å². The van der Waals surface area contributed by atoms with Gasteiger partial charge in [0.25, 0.3) is 5.91 Å². The van der Waals surface area contributed by atoms with Crippen molar-refractivity contribution in [1.82, 2.24) is 14.6 Å². The molecule has 1 aromatic carbocycles. The molecular weight excluding hydrogens is 431 g/mol. The highest BCUT2D eigenvalue weighted by atomic mass is 32.2. The topological polar surface area (TPSA) is 102 Å². The first-order valence-electron chi connectivity index (χ1n) is 9.29. The zero-order chi connectivity index (χ0) is 22.8. The first kappa shape index (κ1) is 22.6. The maximum absolute atomic E-state index is 12.5. The molecule has 0 aliphatic rings. The van der Waals surface area contributed by atoms with Gasteiger partial charge in [0, 0.05) is 22.7 Å². The van der Waals surface area contributed by atoms with Crippen molar-refractivity contribution in [1.29, 1.82) is 0 Å². The first-order valence-corrected chi connectivity index (χ1v) is 10.3. The number of hydrogen-bond donors (Lipinski definition) is 2. The molecule has 164 valence electrons. The first-order chi connectivity index (χ1) is 14.6. The number of halogens is 3. The number of benzene rings is 1. The highest BCUT2D eigenvalue weighted by Crippen LogP contribution is 2.32. The number of fused-ring (bicyclic) bond motifs is 1. The summed E-state index contributed by atoms with van der Waals surface area (Å²) in [6, 6.07) is 6.36. The van der Waals surface area contributed by atoms with Crippen LogP contribution in [0.2, 0.25) is 0 Å². The van der Waals surface area contributed by atoms with E-state index in [1.807, 2.05) is 0 Å². The number of hydrogen-bond acceptors (Lipinski definition) is 5. The van der Waals surface area contributed by atoms with Gasteiger partial charge in [0.05, 0.1) is 17.6 Å². The van der Waals surface area contributed by atoms with Gasteiger partial charge < -0.3 is 11.1 Å². The molecule has 0 unspecified atom stereocenters. The van der Waals surface area contributed by atoms with E-state index < -0.39 is 17.8 Å². The lowest BCUT2D eigenvalue weighted by atomic mass is 10.1. The van der Waals surface area contributed by atoms with Gasteiger partial charge in [0.2, 0.25) is 5.91 Å². The van der Waals surface area contributed by atoms with E-state index in [2.05, 4.69) is 15.4 Å². The van der Waals surface area contributed by atoms with Gasteiger partial charge in [0.15, 0.2) is 5.65 Å². The smallest absolute Gasteiger partial charge is 0.365 e. The molecule has 0 bridgehead atoms. The van der Waals surface area contributed by atoms with Crippen LogP contribution in [0, 0.1) is 13.8 Å². The molecule has 2 heterocycles. The van der Waals surface area contributed by atoms with Crippen LogP contribution in [-0.4, -0.2) is 38.3 Å². The Kier molecular flexibility index (Phi) is 6.54. The molecule has 31 heavy (non-hydrogen) atoms. The number of primary amides is 1. The summed E-state index contributed by atoms with van der Waals surface area (Å²) in [7, 11) is 0. The average molecular weight is 451 g/mol. The highest BCUT2D eigenvalue weighted by molar-refractivity contribution is 7.99. The van der Waals surface area contributed by atoms with Crippen molar-refractivity contribution in [3.05, 3.63) is 53.0 Å². The molecular formula is C20H20F3N5O2S. The van der Waals surface area contributed by atoms with Crippen LogP contribution in [-0.2, 0) is 11.2 Å². The summed E-state index contributed by atoms with van der Waals surface area (Å²) in [4.78, 5) is 28.7. The zero-order valence-electron chi connectivity index (χ0n) is 16.8. The largest absolute Gasteiger partial charge is 0.398 e. The van der Waals surface area contributed by atoms with Crippen LogP contribution in [0.3, 0.4) is 0 Å². The van der Waals surface area contributed by atoms with Crippen molar-refractivity contribution < 1.29 is 22.8 Å². The lowest BCUT2D eigenvalue weighted by Gasteiger charge is -2.13. The predicted octanol–water partition coefficient (Wildman–Crippen LogP) is 3.67. The SMILES string of the molecule is Cc1nc2c(C(N)=O)cnn2c(C)c1CCC(=O)Nc1ccccc1SCC(F)(F)F. The standard InChI is InChI=1S/C20H20F3N5O2S/c1-11-13(12(2)28-19(26-11)14(9-25-28)18(24)30)7-8-17(29)27-15-5-3-4-6-16(15)31-10-20(21,22)23/h3-6,9H,7-8,10H2,1-2H3,(H2,24,30)(H,27,29). The molecule has 0 fully saturated rings. The van der Waals surface area contributed by atoms with Crippen LogP contribution in [0.5, 0.6) is 0 Å². The van der Waals surface area contributed by atoms with Crippen molar-refractivity contribution in [3.8, 4) is 0 Å². The number of nitrogens with two attached hydrogens (primary N) is 1. The number of anilines is 1. The van der Waals surface area contributed by atoms with Crippen molar-refractivity contribution >= 4 is 34.9 Å². The molecule has 11 heteroatoms. The fourth-order valence-electron chi connectivity index (χ4n) is 3.15. The van der Waals surface area contributed by atoms with Crippen LogP contribution in [0.15, 0.2) is 35.4 Å². The molecule has 0 saturated heterocycles. The molecule has 2 amide bonds. The molecule has 0 atom stereocenters. The van der Waals surface area contributed by atoms with Gasteiger partial charge in [-0.05, 0) is 38.0 Å². The second-order valence-corrected chi connectivity index (χ2v) is 7.88. The van der Waals surface area contributed by atoms with Gasteiger partial charge in [-0.1, -0.05) is 12.1 Å². The summed E-state index contributed by atoms with van der Waals surface area (Å²) < 4.78 is 39.1. The summed E-state index contributed by atoms with van der Waals surface area (Å²) >= 11 is 0.622. The number of nitrogens with zero attached hydrogens (tertiary/aromatic N) is 3. The Bertz CT molecular complexity index is 1140. The van der Waals surface area contributed by atoms with E-state index in [1.54, 1.807) is 32.0 Å². The number of carbonyl (C=O) groups is 2. The number of para-hydroxylation sites is 1. The third-order valence-electron chi connectivity index (χ3n) is 4.63. The van der Waals surface area contributed by atoms with Crippen molar-refractivity contribution in [3.63, 3.8) is 0 Å². The van der Waals surface area contributed by atoms with Gasteiger partial charge in [0.1, 0.15) is 5.56 Å². The molecule has 0 aliphatic carbocycles. The van der Waals surface area contributed by atoms with E-state index in [-0.39, 0.29) is 17.9 Å². The maximum Gasteiger partial charge on any atom is 0.398 e. The van der Waals surface area contributed by atoms with E-state index in [9.17, 15) is 22.8 Å². The lowest BCUT2D eigenvalue weighted by Crippen LogP contribution is -2.16. The molecule has 3 rings (SSSR count). The molecule has 2 aromatic heterocycles. The summed E-state index contributed by atoms with van der Waals surface area (Å²) in [6.07, 6.45) is -2.51. The van der Waals surface area contributed by atoms with Crippen LogP contribution >= 0.6 is 11.8 Å². The summed E-state index contributed by atoms with van der Waals surface area (Å²) in [5.41, 5.74) is 8.40. The zero-order valence-corrected chi connectivity index (χ0v) is 17.6. The molecule has 0 saturated carbocycles.